The molecular formula is C12H23N. The van der Waals surface area contributed by atoms with Crippen molar-refractivity contribution in [1.29, 1.82) is 0 Å². The molecule has 0 saturated heterocycles. The van der Waals surface area contributed by atoms with Crippen molar-refractivity contribution in [3.63, 3.8) is 0 Å². The van der Waals surface area contributed by atoms with Crippen LogP contribution in [0.2, 0.25) is 0 Å². The van der Waals surface area contributed by atoms with E-state index >= 15 is 0 Å². The first-order valence-corrected chi connectivity index (χ1v) is 5.93. The molecule has 0 aromatic rings. The molecule has 2 aliphatic carbocycles. The third-order valence-electron chi connectivity index (χ3n) is 4.22. The maximum Gasteiger partial charge on any atom is 0.0101 e. The molecule has 0 aromatic heterocycles. The lowest BCUT2D eigenvalue weighted by Gasteiger charge is -2.28. The molecule has 2 rings (SSSR count). The SMILES string of the molecule is CC(C)[C@@H](C)N[C@H]1C[C@H]2CC[C@H]1C2. The highest BCUT2D eigenvalue weighted by atomic mass is 15.0. The number of hydrogen-bond acceptors (Lipinski definition) is 1. The summed E-state index contributed by atoms with van der Waals surface area (Å²) in [4.78, 5) is 0. The van der Waals surface area contributed by atoms with Crippen LogP contribution in [0.5, 0.6) is 0 Å². The Morgan fingerprint density at radius 2 is 1.85 bits per heavy atom. The quantitative estimate of drug-likeness (QED) is 0.706. The average molecular weight is 181 g/mol. The van der Waals surface area contributed by atoms with E-state index in [9.17, 15) is 0 Å². The van der Waals surface area contributed by atoms with Crippen molar-refractivity contribution in [2.45, 2.75) is 58.5 Å². The second-order valence-electron chi connectivity index (χ2n) is 5.48. The summed E-state index contributed by atoms with van der Waals surface area (Å²) in [6.45, 7) is 6.95. The maximum absolute atomic E-state index is 3.81. The largest absolute Gasteiger partial charge is 0.311 e. The van der Waals surface area contributed by atoms with Gasteiger partial charge in [0.25, 0.3) is 0 Å². The van der Waals surface area contributed by atoms with Gasteiger partial charge in [-0.15, -0.1) is 0 Å². The molecule has 13 heavy (non-hydrogen) atoms. The lowest BCUT2D eigenvalue weighted by atomic mass is 9.93. The van der Waals surface area contributed by atoms with Crippen LogP contribution >= 0.6 is 0 Å². The number of fused-ring (bicyclic) bond motifs is 2. The Morgan fingerprint density at radius 3 is 2.31 bits per heavy atom. The van der Waals surface area contributed by atoms with Gasteiger partial charge in [-0.1, -0.05) is 20.3 Å². The van der Waals surface area contributed by atoms with E-state index in [0.717, 1.165) is 23.8 Å². The fourth-order valence-corrected chi connectivity index (χ4v) is 2.98. The normalized spacial score (nSPS) is 40.2. The van der Waals surface area contributed by atoms with E-state index in [4.69, 9.17) is 0 Å². The summed E-state index contributed by atoms with van der Waals surface area (Å²) in [7, 11) is 0. The van der Waals surface area contributed by atoms with Crippen LogP contribution in [0.4, 0.5) is 0 Å². The Morgan fingerprint density at radius 1 is 1.08 bits per heavy atom. The second kappa shape index (κ2) is 3.61. The van der Waals surface area contributed by atoms with Crippen molar-refractivity contribution in [1.82, 2.24) is 5.32 Å². The highest BCUT2D eigenvalue weighted by Crippen LogP contribution is 2.44. The third-order valence-corrected chi connectivity index (χ3v) is 4.22. The van der Waals surface area contributed by atoms with Crippen molar-refractivity contribution in [3.05, 3.63) is 0 Å². The summed E-state index contributed by atoms with van der Waals surface area (Å²) in [6.07, 6.45) is 5.98. The molecule has 0 aromatic carbocycles. The number of hydrogen-bond donors (Lipinski definition) is 1. The summed E-state index contributed by atoms with van der Waals surface area (Å²) in [5.41, 5.74) is 0. The molecule has 0 aliphatic heterocycles. The lowest BCUT2D eigenvalue weighted by Crippen LogP contribution is -2.42. The van der Waals surface area contributed by atoms with Gasteiger partial charge in [-0.2, -0.15) is 0 Å². The molecule has 0 unspecified atom stereocenters. The van der Waals surface area contributed by atoms with Crippen LogP contribution < -0.4 is 5.32 Å². The van der Waals surface area contributed by atoms with Gasteiger partial charge >= 0.3 is 0 Å². The van der Waals surface area contributed by atoms with Crippen LogP contribution in [-0.4, -0.2) is 12.1 Å². The standard InChI is InChI=1S/C12H23N/c1-8(2)9(3)13-12-7-10-4-5-11(12)6-10/h8-13H,4-7H2,1-3H3/t9-,10+,11+,12+/m1/s1. The first-order chi connectivity index (χ1) is 6.16. The van der Waals surface area contributed by atoms with Crippen LogP contribution in [0.25, 0.3) is 0 Å². The molecule has 0 spiro atoms. The molecule has 0 amide bonds. The molecule has 2 saturated carbocycles. The molecule has 2 fully saturated rings. The lowest BCUT2D eigenvalue weighted by molar-refractivity contribution is 0.294. The third kappa shape index (κ3) is 1.90. The van der Waals surface area contributed by atoms with Crippen molar-refractivity contribution < 1.29 is 0 Å². The molecule has 1 N–H and O–H groups in total. The molecule has 2 bridgehead atoms. The average Bonchev–Trinajstić information content (AvgIpc) is 2.64. The molecule has 0 radical (unpaired) electrons. The zero-order valence-corrected chi connectivity index (χ0v) is 9.22. The van der Waals surface area contributed by atoms with Gasteiger partial charge in [-0.25, -0.2) is 0 Å². The van der Waals surface area contributed by atoms with Gasteiger partial charge in [0.1, 0.15) is 0 Å². The summed E-state index contributed by atoms with van der Waals surface area (Å²) in [5.74, 6) is 2.87. The van der Waals surface area contributed by atoms with E-state index in [1.807, 2.05) is 0 Å². The fraction of sp³-hybridized carbons (Fsp3) is 1.00. The van der Waals surface area contributed by atoms with Gasteiger partial charge in [0.15, 0.2) is 0 Å². The van der Waals surface area contributed by atoms with Gasteiger partial charge in [0.05, 0.1) is 0 Å². The van der Waals surface area contributed by atoms with Crippen molar-refractivity contribution in [2.24, 2.45) is 17.8 Å². The zero-order valence-electron chi connectivity index (χ0n) is 9.22. The van der Waals surface area contributed by atoms with Crippen molar-refractivity contribution >= 4 is 0 Å². The van der Waals surface area contributed by atoms with Gasteiger partial charge in [0, 0.05) is 12.1 Å². The van der Waals surface area contributed by atoms with Crippen LogP contribution in [0.15, 0.2) is 0 Å². The van der Waals surface area contributed by atoms with Crippen LogP contribution in [-0.2, 0) is 0 Å². The van der Waals surface area contributed by atoms with E-state index in [2.05, 4.69) is 26.1 Å². The Hall–Kier alpha value is -0.0400. The molecule has 0 heterocycles. The molecule has 1 nitrogen and oxygen atoms in total. The Kier molecular flexibility index (Phi) is 2.64. The summed E-state index contributed by atoms with van der Waals surface area (Å²) in [6, 6.07) is 1.56. The predicted octanol–water partition coefficient (Wildman–Crippen LogP) is 2.81. The van der Waals surface area contributed by atoms with Gasteiger partial charge in [-0.05, 0) is 43.9 Å². The minimum atomic E-state index is 0.698. The highest BCUT2D eigenvalue weighted by molar-refractivity contribution is 4.95. The highest BCUT2D eigenvalue weighted by Gasteiger charge is 2.39. The summed E-state index contributed by atoms with van der Waals surface area (Å²) >= 11 is 0. The molecular weight excluding hydrogens is 158 g/mol. The Balaban J connectivity index is 1.83. The van der Waals surface area contributed by atoms with E-state index in [0.29, 0.717) is 6.04 Å². The van der Waals surface area contributed by atoms with Gasteiger partial charge in [-0.3, -0.25) is 0 Å². The van der Waals surface area contributed by atoms with E-state index in [1.54, 1.807) is 0 Å². The van der Waals surface area contributed by atoms with Crippen molar-refractivity contribution in [2.75, 3.05) is 0 Å². The minimum Gasteiger partial charge on any atom is -0.311 e. The van der Waals surface area contributed by atoms with Crippen LogP contribution in [0.3, 0.4) is 0 Å². The zero-order chi connectivity index (χ0) is 9.42. The summed E-state index contributed by atoms with van der Waals surface area (Å²) in [5, 5.41) is 3.81. The van der Waals surface area contributed by atoms with Gasteiger partial charge < -0.3 is 5.32 Å². The van der Waals surface area contributed by atoms with Crippen LogP contribution in [0.1, 0.15) is 46.5 Å². The molecule has 1 heteroatoms. The van der Waals surface area contributed by atoms with Crippen LogP contribution in [0, 0.1) is 17.8 Å². The molecule has 76 valence electrons. The molecule has 4 atom stereocenters. The first-order valence-electron chi connectivity index (χ1n) is 5.93. The minimum absolute atomic E-state index is 0.698. The van der Waals surface area contributed by atoms with Crippen molar-refractivity contribution in [3.8, 4) is 0 Å². The topological polar surface area (TPSA) is 12.0 Å². The Bertz CT molecular complexity index is 176. The van der Waals surface area contributed by atoms with E-state index in [1.165, 1.54) is 25.7 Å². The first kappa shape index (κ1) is 9.51. The predicted molar refractivity (Wildman–Crippen MR) is 56.7 cm³/mol. The second-order valence-corrected chi connectivity index (χ2v) is 5.48. The maximum atomic E-state index is 3.81. The number of rotatable bonds is 3. The number of nitrogens with one attached hydrogen (secondary N) is 1. The fourth-order valence-electron chi connectivity index (χ4n) is 2.98. The Labute approximate surface area is 82.3 Å². The van der Waals surface area contributed by atoms with Gasteiger partial charge in [0.2, 0.25) is 0 Å². The monoisotopic (exact) mass is 181 g/mol. The summed E-state index contributed by atoms with van der Waals surface area (Å²) < 4.78 is 0. The van der Waals surface area contributed by atoms with E-state index in [-0.39, 0.29) is 0 Å². The molecule has 2 aliphatic rings. The van der Waals surface area contributed by atoms with E-state index < -0.39 is 0 Å². The smallest absolute Gasteiger partial charge is 0.0101 e.